The smallest absolute Gasteiger partial charge is 0.336 e. The summed E-state index contributed by atoms with van der Waals surface area (Å²) in [6, 6.07) is 33.0. The molecule has 41 heavy (non-hydrogen) atoms. The van der Waals surface area contributed by atoms with Crippen molar-refractivity contribution in [3.63, 3.8) is 0 Å². The summed E-state index contributed by atoms with van der Waals surface area (Å²) in [7, 11) is 0. The van der Waals surface area contributed by atoms with Gasteiger partial charge in [-0.3, -0.25) is 9.69 Å². The van der Waals surface area contributed by atoms with E-state index in [0.29, 0.717) is 22.7 Å². The number of carbonyl (C=O) groups is 2. The van der Waals surface area contributed by atoms with Crippen LogP contribution in [0.25, 0.3) is 0 Å². The Bertz CT molecular complexity index is 1600. The number of carbonyl (C=O) groups excluding carboxylic acids is 2. The van der Waals surface area contributed by atoms with Crippen LogP contribution in [0.15, 0.2) is 141 Å². The SMILES string of the molecule is CCOC(=O)[C@]1(C)C=C(Nc2ccc(N=Nc3ccccc3)cc2)C(=O)N1c1ccc(N=Nc2ccccc2)cc1. The fourth-order valence-corrected chi connectivity index (χ4v) is 4.30. The number of hydrogen-bond acceptors (Lipinski definition) is 8. The van der Waals surface area contributed by atoms with Gasteiger partial charge in [-0.2, -0.15) is 20.5 Å². The van der Waals surface area contributed by atoms with E-state index in [4.69, 9.17) is 4.74 Å². The average molecular weight is 545 g/mol. The minimum atomic E-state index is -1.35. The molecule has 0 aliphatic carbocycles. The van der Waals surface area contributed by atoms with Crippen LogP contribution in [0.2, 0.25) is 0 Å². The molecule has 0 aromatic heterocycles. The van der Waals surface area contributed by atoms with E-state index < -0.39 is 11.5 Å². The molecule has 5 rings (SSSR count). The third-order valence-electron chi connectivity index (χ3n) is 6.34. The summed E-state index contributed by atoms with van der Waals surface area (Å²) in [6.45, 7) is 3.58. The van der Waals surface area contributed by atoms with Crippen molar-refractivity contribution in [2.75, 3.05) is 16.8 Å². The molecule has 0 spiro atoms. The first-order valence-electron chi connectivity index (χ1n) is 13.1. The fraction of sp³-hybridized carbons (Fsp3) is 0.125. The van der Waals surface area contributed by atoms with Gasteiger partial charge in [0.1, 0.15) is 5.70 Å². The molecule has 1 atom stereocenters. The zero-order valence-corrected chi connectivity index (χ0v) is 22.6. The number of anilines is 2. The Labute approximate surface area is 237 Å². The van der Waals surface area contributed by atoms with Crippen LogP contribution in [-0.4, -0.2) is 24.0 Å². The van der Waals surface area contributed by atoms with E-state index in [0.717, 1.165) is 11.4 Å². The highest BCUT2D eigenvalue weighted by Gasteiger charge is 2.49. The normalized spacial score (nSPS) is 16.8. The first kappa shape index (κ1) is 27.1. The Kier molecular flexibility index (Phi) is 8.05. The zero-order chi connectivity index (χ0) is 28.7. The molecule has 4 aromatic carbocycles. The van der Waals surface area contributed by atoms with Crippen LogP contribution in [0.4, 0.5) is 34.1 Å². The average Bonchev–Trinajstić information content (AvgIpc) is 3.27. The predicted molar refractivity (Wildman–Crippen MR) is 158 cm³/mol. The lowest BCUT2D eigenvalue weighted by Crippen LogP contribution is -2.51. The van der Waals surface area contributed by atoms with Gasteiger partial charge in [-0.25, -0.2) is 4.79 Å². The van der Waals surface area contributed by atoms with Crippen molar-refractivity contribution in [3.05, 3.63) is 121 Å². The Hall–Kier alpha value is -5.44. The molecule has 1 aliphatic rings. The van der Waals surface area contributed by atoms with Gasteiger partial charge in [0.2, 0.25) is 0 Å². The van der Waals surface area contributed by atoms with E-state index in [1.807, 2.05) is 60.7 Å². The maximum atomic E-state index is 13.7. The molecule has 1 amide bonds. The van der Waals surface area contributed by atoms with Crippen LogP contribution in [-0.2, 0) is 14.3 Å². The van der Waals surface area contributed by atoms with Crippen molar-refractivity contribution < 1.29 is 14.3 Å². The van der Waals surface area contributed by atoms with Gasteiger partial charge in [0.25, 0.3) is 5.91 Å². The highest BCUT2D eigenvalue weighted by atomic mass is 16.5. The van der Waals surface area contributed by atoms with Crippen molar-refractivity contribution in [1.82, 2.24) is 0 Å². The molecule has 9 nitrogen and oxygen atoms in total. The summed E-state index contributed by atoms with van der Waals surface area (Å²) in [5.41, 5.74) is 2.84. The number of benzene rings is 4. The minimum absolute atomic E-state index is 0.185. The van der Waals surface area contributed by atoms with E-state index in [2.05, 4.69) is 25.8 Å². The molecule has 0 unspecified atom stereocenters. The topological polar surface area (TPSA) is 108 Å². The number of nitrogens with zero attached hydrogens (tertiary/aromatic N) is 5. The van der Waals surface area contributed by atoms with Gasteiger partial charge < -0.3 is 10.1 Å². The monoisotopic (exact) mass is 544 g/mol. The van der Waals surface area contributed by atoms with Crippen molar-refractivity contribution in [2.45, 2.75) is 19.4 Å². The highest BCUT2D eigenvalue weighted by molar-refractivity contribution is 6.16. The number of amides is 1. The molecule has 4 aromatic rings. The standard InChI is InChI=1S/C32H28N6O3/c1-3-41-31(40)32(2)22-29(33-23-14-16-26(17-15-23)36-34-24-10-6-4-7-11-24)30(39)38(32)28-20-18-27(19-21-28)37-35-25-12-8-5-9-13-25/h4-22,33H,3H2,1-2H3/t32-/m0/s1. The molecule has 9 heteroatoms. The molecule has 204 valence electrons. The van der Waals surface area contributed by atoms with Gasteiger partial charge in [0, 0.05) is 11.4 Å². The summed E-state index contributed by atoms with van der Waals surface area (Å²) in [6.07, 6.45) is 1.60. The third-order valence-corrected chi connectivity index (χ3v) is 6.34. The molecule has 1 aliphatic heterocycles. The summed E-state index contributed by atoms with van der Waals surface area (Å²) < 4.78 is 5.36. The van der Waals surface area contributed by atoms with Crippen LogP contribution < -0.4 is 10.2 Å². The Balaban J connectivity index is 1.35. The summed E-state index contributed by atoms with van der Waals surface area (Å²) in [4.78, 5) is 28.2. The fourth-order valence-electron chi connectivity index (χ4n) is 4.30. The number of nitrogens with one attached hydrogen (secondary N) is 1. The number of hydrogen-bond donors (Lipinski definition) is 1. The highest BCUT2D eigenvalue weighted by Crippen LogP contribution is 2.36. The van der Waals surface area contributed by atoms with Gasteiger partial charge in [-0.1, -0.05) is 36.4 Å². The van der Waals surface area contributed by atoms with Gasteiger partial charge in [0.05, 0.1) is 29.4 Å². The second kappa shape index (κ2) is 12.2. The van der Waals surface area contributed by atoms with Crippen LogP contribution in [0.5, 0.6) is 0 Å². The Morgan fingerprint density at radius 1 is 0.732 bits per heavy atom. The quantitative estimate of drug-likeness (QED) is 0.169. The lowest BCUT2D eigenvalue weighted by Gasteiger charge is -2.32. The number of rotatable bonds is 9. The molecule has 0 saturated heterocycles. The molecule has 0 radical (unpaired) electrons. The van der Waals surface area contributed by atoms with Gasteiger partial charge in [0.15, 0.2) is 5.54 Å². The second-order valence-corrected chi connectivity index (χ2v) is 9.33. The lowest BCUT2D eigenvalue weighted by molar-refractivity contribution is -0.147. The Morgan fingerprint density at radius 2 is 1.20 bits per heavy atom. The van der Waals surface area contributed by atoms with Gasteiger partial charge >= 0.3 is 5.97 Å². The molecule has 1 heterocycles. The number of ether oxygens (including phenoxy) is 1. The number of esters is 1. The predicted octanol–water partition coefficient (Wildman–Crippen LogP) is 8.18. The van der Waals surface area contributed by atoms with Crippen molar-refractivity contribution in [1.29, 1.82) is 0 Å². The summed E-state index contributed by atoms with van der Waals surface area (Å²) in [5, 5.41) is 20.1. The first-order chi connectivity index (χ1) is 20.0. The van der Waals surface area contributed by atoms with Crippen LogP contribution >= 0.6 is 0 Å². The molecular formula is C32H28N6O3. The minimum Gasteiger partial charge on any atom is -0.464 e. The van der Waals surface area contributed by atoms with Crippen molar-refractivity contribution in [3.8, 4) is 0 Å². The largest absolute Gasteiger partial charge is 0.464 e. The molecule has 0 saturated carbocycles. The van der Waals surface area contributed by atoms with Crippen LogP contribution in [0, 0.1) is 0 Å². The molecular weight excluding hydrogens is 516 g/mol. The van der Waals surface area contributed by atoms with Gasteiger partial charge in [-0.15, -0.1) is 0 Å². The second-order valence-electron chi connectivity index (χ2n) is 9.33. The summed E-state index contributed by atoms with van der Waals surface area (Å²) >= 11 is 0. The maximum Gasteiger partial charge on any atom is 0.336 e. The Morgan fingerprint density at radius 3 is 1.68 bits per heavy atom. The summed E-state index contributed by atoms with van der Waals surface area (Å²) in [5.74, 6) is -0.901. The van der Waals surface area contributed by atoms with E-state index in [1.165, 1.54) is 4.90 Å². The van der Waals surface area contributed by atoms with E-state index in [-0.39, 0.29) is 18.2 Å². The van der Waals surface area contributed by atoms with Crippen molar-refractivity contribution >= 4 is 46.0 Å². The van der Waals surface area contributed by atoms with E-state index in [1.54, 1.807) is 68.5 Å². The van der Waals surface area contributed by atoms with E-state index in [9.17, 15) is 9.59 Å². The maximum absolute atomic E-state index is 13.7. The number of azo groups is 2. The van der Waals surface area contributed by atoms with Crippen molar-refractivity contribution in [2.24, 2.45) is 20.5 Å². The van der Waals surface area contributed by atoms with Crippen LogP contribution in [0.1, 0.15) is 13.8 Å². The first-order valence-corrected chi connectivity index (χ1v) is 13.1. The molecule has 0 bridgehead atoms. The molecule has 0 fully saturated rings. The van der Waals surface area contributed by atoms with Crippen LogP contribution in [0.3, 0.4) is 0 Å². The zero-order valence-electron chi connectivity index (χ0n) is 22.6. The third kappa shape index (κ3) is 6.25. The van der Waals surface area contributed by atoms with E-state index >= 15 is 0 Å². The van der Waals surface area contributed by atoms with Gasteiger partial charge in [-0.05, 0) is 92.7 Å². The lowest BCUT2D eigenvalue weighted by atomic mass is 10.0. The molecule has 1 N–H and O–H groups in total.